The molecule has 0 radical (unpaired) electrons. The van der Waals surface area contributed by atoms with E-state index in [0.29, 0.717) is 11.6 Å². The number of allylic oxidation sites excluding steroid dienone is 1. The molecule has 2 atom stereocenters. The van der Waals surface area contributed by atoms with E-state index in [2.05, 4.69) is 22.4 Å². The van der Waals surface area contributed by atoms with Gasteiger partial charge in [0.05, 0.1) is 5.56 Å². The Morgan fingerprint density at radius 3 is 3.25 bits per heavy atom. The fourth-order valence-electron chi connectivity index (χ4n) is 2.74. The quantitative estimate of drug-likeness (QED) is 0.769. The molecular weight excluding hydrogens is 198 g/mol. The normalized spacial score (nSPS) is 27.3. The molecule has 2 aliphatic rings. The summed E-state index contributed by atoms with van der Waals surface area (Å²) in [5.41, 5.74) is 3.06. The molecule has 0 saturated carbocycles. The molecule has 2 heterocycles. The summed E-state index contributed by atoms with van der Waals surface area (Å²) < 4.78 is 0. The minimum Gasteiger partial charge on any atom is -0.310 e. The van der Waals surface area contributed by atoms with Crippen LogP contribution in [0.2, 0.25) is 0 Å². The fraction of sp³-hybridized carbons (Fsp3) is 0.385. The molecule has 0 amide bonds. The number of rotatable bonds is 1. The molecule has 0 bridgehead atoms. The number of nitrogens with one attached hydrogen (secondary N) is 1. The minimum absolute atomic E-state index is 0.482. The smallest absolute Gasteiger partial charge is 0.101 e. The summed E-state index contributed by atoms with van der Waals surface area (Å²) in [7, 11) is 0. The van der Waals surface area contributed by atoms with Crippen molar-refractivity contribution >= 4 is 5.57 Å². The van der Waals surface area contributed by atoms with Crippen LogP contribution in [-0.4, -0.2) is 17.6 Å². The van der Waals surface area contributed by atoms with E-state index < -0.39 is 0 Å². The molecule has 1 aliphatic heterocycles. The van der Waals surface area contributed by atoms with Gasteiger partial charge in [0.25, 0.3) is 0 Å². The summed E-state index contributed by atoms with van der Waals surface area (Å²) in [6.07, 6.45) is 8.17. The lowest BCUT2D eigenvalue weighted by molar-refractivity contribution is 0.557. The van der Waals surface area contributed by atoms with Gasteiger partial charge >= 0.3 is 0 Å². The highest BCUT2D eigenvalue weighted by Crippen LogP contribution is 2.37. The van der Waals surface area contributed by atoms with Gasteiger partial charge in [-0.1, -0.05) is 6.08 Å². The van der Waals surface area contributed by atoms with Gasteiger partial charge in [-0.25, -0.2) is 0 Å². The zero-order chi connectivity index (χ0) is 11.0. The molecule has 1 aliphatic carbocycles. The third kappa shape index (κ3) is 1.43. The molecule has 3 nitrogen and oxygen atoms in total. The highest BCUT2D eigenvalue weighted by atomic mass is 15.0. The maximum absolute atomic E-state index is 8.87. The van der Waals surface area contributed by atoms with E-state index in [1.807, 2.05) is 12.3 Å². The Hall–Kier alpha value is -1.66. The SMILES string of the molecule is N#Cc1cncc(C2=CCC3CCNC23)c1. The molecule has 2 unspecified atom stereocenters. The van der Waals surface area contributed by atoms with Gasteiger partial charge in [0, 0.05) is 18.4 Å². The maximum Gasteiger partial charge on any atom is 0.101 e. The van der Waals surface area contributed by atoms with Gasteiger partial charge in [-0.15, -0.1) is 0 Å². The summed E-state index contributed by atoms with van der Waals surface area (Å²) in [6, 6.07) is 4.55. The van der Waals surface area contributed by atoms with Crippen LogP contribution in [-0.2, 0) is 0 Å². The summed E-state index contributed by atoms with van der Waals surface area (Å²) in [4.78, 5) is 4.12. The average molecular weight is 211 g/mol. The van der Waals surface area contributed by atoms with Crippen LogP contribution in [0, 0.1) is 17.2 Å². The first-order valence-electron chi connectivity index (χ1n) is 5.67. The molecule has 1 aromatic rings. The molecule has 0 spiro atoms. The van der Waals surface area contributed by atoms with E-state index in [-0.39, 0.29) is 0 Å². The molecule has 1 aromatic heterocycles. The second-order valence-electron chi connectivity index (χ2n) is 4.45. The molecule has 1 saturated heterocycles. The molecule has 0 aromatic carbocycles. The van der Waals surface area contributed by atoms with Gasteiger partial charge in [0.2, 0.25) is 0 Å². The predicted octanol–water partition coefficient (Wildman–Crippen LogP) is 1.72. The van der Waals surface area contributed by atoms with Crippen molar-refractivity contribution in [3.8, 4) is 6.07 Å². The van der Waals surface area contributed by atoms with Gasteiger partial charge in [-0.2, -0.15) is 5.26 Å². The molecular formula is C13H13N3. The zero-order valence-electron chi connectivity index (χ0n) is 8.98. The van der Waals surface area contributed by atoms with Crippen molar-refractivity contribution in [2.45, 2.75) is 18.9 Å². The second kappa shape index (κ2) is 3.73. The van der Waals surface area contributed by atoms with Crippen LogP contribution in [0.3, 0.4) is 0 Å². The third-order valence-electron chi connectivity index (χ3n) is 3.53. The lowest BCUT2D eigenvalue weighted by Gasteiger charge is -2.14. The lowest BCUT2D eigenvalue weighted by Crippen LogP contribution is -2.24. The van der Waals surface area contributed by atoms with Gasteiger partial charge in [0.15, 0.2) is 0 Å². The summed E-state index contributed by atoms with van der Waals surface area (Å²) >= 11 is 0. The fourth-order valence-corrected chi connectivity index (χ4v) is 2.74. The van der Waals surface area contributed by atoms with Crippen molar-refractivity contribution in [2.75, 3.05) is 6.54 Å². The van der Waals surface area contributed by atoms with Crippen LogP contribution in [0.4, 0.5) is 0 Å². The van der Waals surface area contributed by atoms with E-state index in [0.717, 1.165) is 24.4 Å². The molecule has 3 heteroatoms. The molecule has 3 rings (SSSR count). The van der Waals surface area contributed by atoms with Crippen LogP contribution >= 0.6 is 0 Å². The van der Waals surface area contributed by atoms with Gasteiger partial charge < -0.3 is 5.32 Å². The maximum atomic E-state index is 8.87. The molecule has 80 valence electrons. The highest BCUT2D eigenvalue weighted by molar-refractivity contribution is 5.72. The Morgan fingerprint density at radius 2 is 2.38 bits per heavy atom. The Kier molecular flexibility index (Phi) is 2.23. The minimum atomic E-state index is 0.482. The van der Waals surface area contributed by atoms with Gasteiger partial charge in [-0.3, -0.25) is 4.98 Å². The number of hydrogen-bond acceptors (Lipinski definition) is 3. The number of pyridine rings is 1. The molecule has 16 heavy (non-hydrogen) atoms. The Labute approximate surface area is 94.8 Å². The number of nitrogens with zero attached hydrogens (tertiary/aromatic N) is 2. The van der Waals surface area contributed by atoms with Crippen molar-refractivity contribution in [1.82, 2.24) is 10.3 Å². The standard InChI is InChI=1S/C13H13N3/c14-6-9-5-11(8-15-7-9)12-2-1-10-3-4-16-13(10)12/h2,5,7-8,10,13,16H,1,3-4H2. The first-order chi connectivity index (χ1) is 7.88. The van der Waals surface area contributed by atoms with Crippen LogP contribution in [0.1, 0.15) is 24.0 Å². The highest BCUT2D eigenvalue weighted by Gasteiger charge is 2.33. The van der Waals surface area contributed by atoms with E-state index in [4.69, 9.17) is 5.26 Å². The van der Waals surface area contributed by atoms with Gasteiger partial charge in [0.1, 0.15) is 6.07 Å². The summed E-state index contributed by atoms with van der Waals surface area (Å²) in [5, 5.41) is 12.4. The Balaban J connectivity index is 1.95. The monoisotopic (exact) mass is 211 g/mol. The van der Waals surface area contributed by atoms with E-state index in [1.165, 1.54) is 12.0 Å². The van der Waals surface area contributed by atoms with E-state index >= 15 is 0 Å². The van der Waals surface area contributed by atoms with Crippen LogP contribution < -0.4 is 5.32 Å². The van der Waals surface area contributed by atoms with Crippen molar-refractivity contribution in [1.29, 1.82) is 5.26 Å². The first-order valence-corrected chi connectivity index (χ1v) is 5.67. The van der Waals surface area contributed by atoms with Crippen molar-refractivity contribution in [3.05, 3.63) is 35.7 Å². The van der Waals surface area contributed by atoms with Crippen LogP contribution in [0.25, 0.3) is 5.57 Å². The largest absolute Gasteiger partial charge is 0.310 e. The molecule has 1 N–H and O–H groups in total. The number of fused-ring (bicyclic) bond motifs is 1. The summed E-state index contributed by atoms with van der Waals surface area (Å²) in [5.74, 6) is 0.751. The Bertz CT molecular complexity index is 484. The van der Waals surface area contributed by atoms with Crippen molar-refractivity contribution < 1.29 is 0 Å². The summed E-state index contributed by atoms with van der Waals surface area (Å²) in [6.45, 7) is 1.11. The van der Waals surface area contributed by atoms with Crippen molar-refractivity contribution in [2.24, 2.45) is 5.92 Å². The van der Waals surface area contributed by atoms with Crippen molar-refractivity contribution in [3.63, 3.8) is 0 Å². The van der Waals surface area contributed by atoms with E-state index in [1.54, 1.807) is 6.20 Å². The van der Waals surface area contributed by atoms with Crippen LogP contribution in [0.5, 0.6) is 0 Å². The van der Waals surface area contributed by atoms with Crippen LogP contribution in [0.15, 0.2) is 24.5 Å². The lowest BCUT2D eigenvalue weighted by atomic mass is 9.97. The van der Waals surface area contributed by atoms with E-state index in [9.17, 15) is 0 Å². The number of hydrogen-bond donors (Lipinski definition) is 1. The first kappa shape index (κ1) is 9.56. The Morgan fingerprint density at radius 1 is 1.44 bits per heavy atom. The zero-order valence-corrected chi connectivity index (χ0v) is 8.98. The number of nitriles is 1. The number of aromatic nitrogens is 1. The van der Waals surface area contributed by atoms with Gasteiger partial charge in [-0.05, 0) is 42.5 Å². The molecule has 1 fully saturated rings. The third-order valence-corrected chi connectivity index (χ3v) is 3.53. The second-order valence-corrected chi connectivity index (χ2v) is 4.45. The predicted molar refractivity (Wildman–Crippen MR) is 61.4 cm³/mol. The average Bonchev–Trinajstić information content (AvgIpc) is 2.90. The topological polar surface area (TPSA) is 48.7 Å².